The molecule has 3 heteroatoms. The summed E-state index contributed by atoms with van der Waals surface area (Å²) in [5.41, 5.74) is 9.20. The normalized spacial score (nSPS) is 10.7. The highest BCUT2D eigenvalue weighted by Crippen LogP contribution is 2.25. The summed E-state index contributed by atoms with van der Waals surface area (Å²) in [5, 5.41) is 0. The third-order valence-corrected chi connectivity index (χ3v) is 3.53. The largest absolute Gasteiger partial charge is 0.497 e. The van der Waals surface area contributed by atoms with Crippen LogP contribution >= 0.6 is 0 Å². The average Bonchev–Trinajstić information content (AvgIpc) is 2.52. The van der Waals surface area contributed by atoms with Gasteiger partial charge in [-0.2, -0.15) is 0 Å². The molecule has 2 aromatic rings. The topological polar surface area (TPSA) is 44.5 Å². The lowest BCUT2D eigenvalue weighted by Crippen LogP contribution is -2.03. The number of ether oxygens (including phenoxy) is 2. The van der Waals surface area contributed by atoms with Gasteiger partial charge in [0.1, 0.15) is 18.1 Å². The van der Waals surface area contributed by atoms with Crippen LogP contribution in [-0.2, 0) is 13.2 Å². The number of nitrogens with two attached hydrogens (primary N) is 1. The van der Waals surface area contributed by atoms with Crippen LogP contribution in [0.1, 0.15) is 36.5 Å². The first-order valence-electron chi connectivity index (χ1n) is 7.22. The molecule has 0 heterocycles. The van der Waals surface area contributed by atoms with Gasteiger partial charge in [-0.1, -0.05) is 44.2 Å². The molecule has 0 amide bonds. The predicted octanol–water partition coefficient (Wildman–Crippen LogP) is 3.86. The molecule has 0 aliphatic heterocycles. The van der Waals surface area contributed by atoms with Crippen molar-refractivity contribution in [1.82, 2.24) is 0 Å². The summed E-state index contributed by atoms with van der Waals surface area (Å²) in [5.74, 6) is 2.10. The SMILES string of the molecule is COc1ccc(CN)c(OCc2ccc(C(C)C)cc2)c1. The van der Waals surface area contributed by atoms with Crippen molar-refractivity contribution in [3.8, 4) is 11.5 Å². The molecule has 2 rings (SSSR count). The van der Waals surface area contributed by atoms with E-state index >= 15 is 0 Å². The van der Waals surface area contributed by atoms with Gasteiger partial charge >= 0.3 is 0 Å². The molecular formula is C18H23NO2. The molecule has 0 fully saturated rings. The Bertz CT molecular complexity index is 576. The highest BCUT2D eigenvalue weighted by Gasteiger charge is 2.05. The summed E-state index contributed by atoms with van der Waals surface area (Å²) in [6.07, 6.45) is 0. The zero-order chi connectivity index (χ0) is 15.2. The minimum Gasteiger partial charge on any atom is -0.497 e. The van der Waals surface area contributed by atoms with Crippen molar-refractivity contribution >= 4 is 0 Å². The molecular weight excluding hydrogens is 262 g/mol. The number of hydrogen-bond donors (Lipinski definition) is 1. The molecule has 0 aromatic heterocycles. The molecule has 0 spiro atoms. The van der Waals surface area contributed by atoms with E-state index < -0.39 is 0 Å². The third kappa shape index (κ3) is 3.99. The molecule has 3 nitrogen and oxygen atoms in total. The summed E-state index contributed by atoms with van der Waals surface area (Å²) in [4.78, 5) is 0. The van der Waals surface area contributed by atoms with E-state index in [2.05, 4.69) is 38.1 Å². The average molecular weight is 285 g/mol. The zero-order valence-corrected chi connectivity index (χ0v) is 12.9. The van der Waals surface area contributed by atoms with Crippen molar-refractivity contribution in [2.45, 2.75) is 32.9 Å². The predicted molar refractivity (Wildman–Crippen MR) is 85.7 cm³/mol. The van der Waals surface area contributed by atoms with Gasteiger partial charge in [-0.05, 0) is 23.1 Å². The van der Waals surface area contributed by atoms with E-state index in [9.17, 15) is 0 Å². The molecule has 0 aliphatic carbocycles. The fourth-order valence-electron chi connectivity index (χ4n) is 2.12. The smallest absolute Gasteiger partial charge is 0.127 e. The maximum Gasteiger partial charge on any atom is 0.127 e. The lowest BCUT2D eigenvalue weighted by molar-refractivity contribution is 0.300. The molecule has 0 radical (unpaired) electrons. The summed E-state index contributed by atoms with van der Waals surface area (Å²) in [6.45, 7) is 5.36. The van der Waals surface area contributed by atoms with Gasteiger partial charge in [-0.3, -0.25) is 0 Å². The van der Waals surface area contributed by atoms with Crippen LogP contribution in [0.3, 0.4) is 0 Å². The maximum absolute atomic E-state index is 5.90. The van der Waals surface area contributed by atoms with Crippen molar-refractivity contribution in [3.05, 3.63) is 59.2 Å². The summed E-state index contributed by atoms with van der Waals surface area (Å²) >= 11 is 0. The van der Waals surface area contributed by atoms with Crippen LogP contribution < -0.4 is 15.2 Å². The van der Waals surface area contributed by atoms with Crippen LogP contribution in [-0.4, -0.2) is 7.11 Å². The molecule has 0 bridgehead atoms. The Morgan fingerprint density at radius 2 is 1.76 bits per heavy atom. The Morgan fingerprint density at radius 1 is 1.05 bits per heavy atom. The Hall–Kier alpha value is -2.00. The van der Waals surface area contributed by atoms with E-state index in [4.69, 9.17) is 15.2 Å². The van der Waals surface area contributed by atoms with Gasteiger partial charge in [0.15, 0.2) is 0 Å². The fourth-order valence-corrected chi connectivity index (χ4v) is 2.12. The van der Waals surface area contributed by atoms with Gasteiger partial charge < -0.3 is 15.2 Å². The third-order valence-electron chi connectivity index (χ3n) is 3.53. The summed E-state index contributed by atoms with van der Waals surface area (Å²) < 4.78 is 11.1. The Labute approximate surface area is 126 Å². The lowest BCUT2D eigenvalue weighted by atomic mass is 10.0. The Morgan fingerprint density at radius 3 is 2.33 bits per heavy atom. The molecule has 21 heavy (non-hydrogen) atoms. The van der Waals surface area contributed by atoms with Crippen LogP contribution in [0.2, 0.25) is 0 Å². The highest BCUT2D eigenvalue weighted by molar-refractivity contribution is 5.40. The summed E-state index contributed by atoms with van der Waals surface area (Å²) in [7, 11) is 1.64. The molecule has 0 saturated carbocycles. The van der Waals surface area contributed by atoms with E-state index in [1.807, 2.05) is 18.2 Å². The van der Waals surface area contributed by atoms with Crippen molar-refractivity contribution in [1.29, 1.82) is 0 Å². The molecule has 0 atom stereocenters. The maximum atomic E-state index is 5.90. The second-order valence-electron chi connectivity index (χ2n) is 5.36. The fraction of sp³-hybridized carbons (Fsp3) is 0.333. The number of rotatable bonds is 6. The van der Waals surface area contributed by atoms with Gasteiger partial charge in [0.25, 0.3) is 0 Å². The van der Waals surface area contributed by atoms with Crippen LogP contribution in [0.25, 0.3) is 0 Å². The zero-order valence-electron chi connectivity index (χ0n) is 12.9. The standard InChI is InChI=1S/C18H23NO2/c1-13(2)15-6-4-14(5-7-15)12-21-18-10-17(20-3)9-8-16(18)11-19/h4-10,13H,11-12,19H2,1-3H3. The van der Waals surface area contributed by atoms with Crippen LogP contribution in [0.5, 0.6) is 11.5 Å². The van der Waals surface area contributed by atoms with E-state index in [0.717, 1.165) is 22.6 Å². The number of methoxy groups -OCH3 is 1. The van der Waals surface area contributed by atoms with E-state index in [0.29, 0.717) is 19.1 Å². The molecule has 0 unspecified atom stereocenters. The number of benzene rings is 2. The van der Waals surface area contributed by atoms with Crippen LogP contribution in [0, 0.1) is 0 Å². The molecule has 2 N–H and O–H groups in total. The van der Waals surface area contributed by atoms with Crippen molar-refractivity contribution < 1.29 is 9.47 Å². The van der Waals surface area contributed by atoms with Crippen LogP contribution in [0.15, 0.2) is 42.5 Å². The second-order valence-corrected chi connectivity index (χ2v) is 5.36. The Kier molecular flexibility index (Phi) is 5.23. The van der Waals surface area contributed by atoms with Crippen LogP contribution in [0.4, 0.5) is 0 Å². The van der Waals surface area contributed by atoms with Gasteiger partial charge in [-0.25, -0.2) is 0 Å². The number of hydrogen-bond acceptors (Lipinski definition) is 3. The molecule has 112 valence electrons. The van der Waals surface area contributed by atoms with Crippen molar-refractivity contribution in [2.75, 3.05) is 7.11 Å². The van der Waals surface area contributed by atoms with Gasteiger partial charge in [0.05, 0.1) is 7.11 Å². The van der Waals surface area contributed by atoms with Crippen molar-refractivity contribution in [2.24, 2.45) is 5.73 Å². The van der Waals surface area contributed by atoms with E-state index in [1.54, 1.807) is 7.11 Å². The van der Waals surface area contributed by atoms with E-state index in [-0.39, 0.29) is 0 Å². The van der Waals surface area contributed by atoms with Gasteiger partial charge in [0.2, 0.25) is 0 Å². The highest BCUT2D eigenvalue weighted by atomic mass is 16.5. The molecule has 0 saturated heterocycles. The first-order valence-corrected chi connectivity index (χ1v) is 7.22. The monoisotopic (exact) mass is 285 g/mol. The quantitative estimate of drug-likeness (QED) is 0.876. The van der Waals surface area contributed by atoms with Crippen molar-refractivity contribution in [3.63, 3.8) is 0 Å². The molecule has 0 aliphatic rings. The van der Waals surface area contributed by atoms with E-state index in [1.165, 1.54) is 5.56 Å². The van der Waals surface area contributed by atoms with Gasteiger partial charge in [-0.15, -0.1) is 0 Å². The molecule has 2 aromatic carbocycles. The lowest BCUT2D eigenvalue weighted by Gasteiger charge is -2.13. The minimum atomic E-state index is 0.450. The first-order chi connectivity index (χ1) is 10.1. The second kappa shape index (κ2) is 7.14. The first kappa shape index (κ1) is 15.4. The summed E-state index contributed by atoms with van der Waals surface area (Å²) in [6, 6.07) is 14.2. The Balaban J connectivity index is 2.08. The van der Waals surface area contributed by atoms with Gasteiger partial charge in [0, 0.05) is 18.2 Å². The minimum absolute atomic E-state index is 0.450.